The summed E-state index contributed by atoms with van der Waals surface area (Å²) in [6, 6.07) is 9.28. The van der Waals surface area contributed by atoms with Crippen LogP contribution < -0.4 is 5.32 Å². The molecule has 2 amide bonds. The van der Waals surface area contributed by atoms with E-state index in [4.69, 9.17) is 20.2 Å². The Morgan fingerprint density at radius 1 is 1.23 bits per heavy atom. The minimum absolute atomic E-state index is 0.0561. The monoisotopic (exact) mass is 460 g/mol. The molecule has 0 aliphatic carbocycles. The molecule has 0 saturated carbocycles. The third-order valence-corrected chi connectivity index (χ3v) is 5.79. The van der Waals surface area contributed by atoms with E-state index in [1.807, 2.05) is 30.3 Å². The van der Waals surface area contributed by atoms with E-state index in [0.717, 1.165) is 5.56 Å². The van der Waals surface area contributed by atoms with Crippen molar-refractivity contribution in [2.45, 2.75) is 57.8 Å². The second-order valence-corrected chi connectivity index (χ2v) is 11.4. The number of carbonyl (C=O) groups is 2. The van der Waals surface area contributed by atoms with Gasteiger partial charge in [0.05, 0.1) is 11.3 Å². The van der Waals surface area contributed by atoms with Gasteiger partial charge in [-0.15, -0.1) is 0 Å². The lowest BCUT2D eigenvalue weighted by Crippen LogP contribution is -2.60. The Morgan fingerprint density at radius 3 is 2.50 bits per heavy atom. The van der Waals surface area contributed by atoms with E-state index < -0.39 is 32.4 Å². The Morgan fingerprint density at radius 2 is 1.90 bits per heavy atom. The van der Waals surface area contributed by atoms with Gasteiger partial charge in [-0.1, -0.05) is 30.3 Å². The number of benzene rings is 1. The van der Waals surface area contributed by atoms with E-state index in [2.05, 4.69) is 5.32 Å². The lowest BCUT2D eigenvalue weighted by Gasteiger charge is -2.42. The average molecular weight is 461 g/mol. The minimum atomic E-state index is -3.77. The highest BCUT2D eigenvalue weighted by Crippen LogP contribution is 2.27. The highest BCUT2D eigenvalue weighted by molar-refractivity contribution is 8.13. The van der Waals surface area contributed by atoms with Crippen molar-refractivity contribution in [3.05, 3.63) is 35.9 Å². The van der Waals surface area contributed by atoms with Crippen molar-refractivity contribution in [2.24, 2.45) is 0 Å². The lowest BCUT2D eigenvalue weighted by atomic mass is 9.86. The normalized spacial score (nSPS) is 19.8. The number of hydrogen-bond acceptors (Lipinski definition) is 6. The molecule has 1 aliphatic rings. The van der Waals surface area contributed by atoms with Crippen molar-refractivity contribution in [3.63, 3.8) is 0 Å². The van der Waals surface area contributed by atoms with Gasteiger partial charge in [0.1, 0.15) is 12.2 Å². The molecule has 2 rings (SSSR count). The Hall–Kier alpha value is -2.00. The van der Waals surface area contributed by atoms with Crippen molar-refractivity contribution in [1.29, 1.82) is 0 Å². The molecule has 1 N–H and O–H groups in total. The molecule has 1 aromatic carbocycles. The van der Waals surface area contributed by atoms with E-state index >= 15 is 0 Å². The van der Waals surface area contributed by atoms with E-state index in [1.54, 1.807) is 20.8 Å². The number of likely N-dealkylation sites (tertiary alicyclic amines) is 1. The van der Waals surface area contributed by atoms with Gasteiger partial charge < -0.3 is 19.7 Å². The maximum absolute atomic E-state index is 12.6. The summed E-state index contributed by atoms with van der Waals surface area (Å²) in [6.07, 6.45) is -0.0862. The van der Waals surface area contributed by atoms with Crippen LogP contribution in [-0.4, -0.2) is 55.5 Å². The van der Waals surface area contributed by atoms with Crippen LogP contribution in [-0.2, 0) is 25.1 Å². The molecular weight excluding hydrogens is 432 g/mol. The van der Waals surface area contributed by atoms with Crippen molar-refractivity contribution >= 4 is 31.9 Å². The molecule has 168 valence electrons. The van der Waals surface area contributed by atoms with Gasteiger partial charge >= 0.3 is 12.2 Å². The molecule has 30 heavy (non-hydrogen) atoms. The SMILES string of the molecule is CC(C)(C)OC(=O)NC1(CCS(=O)(=O)Cl)CCCN(C(=O)OCc2ccccc2)C1. The predicted molar refractivity (Wildman–Crippen MR) is 114 cm³/mol. The van der Waals surface area contributed by atoms with E-state index in [0.29, 0.717) is 19.4 Å². The molecule has 0 radical (unpaired) electrons. The van der Waals surface area contributed by atoms with Crippen LogP contribution in [0, 0.1) is 0 Å². The van der Waals surface area contributed by atoms with Gasteiger partial charge in [0.15, 0.2) is 0 Å². The summed E-state index contributed by atoms with van der Waals surface area (Å²) < 4.78 is 33.8. The average Bonchev–Trinajstić information content (AvgIpc) is 2.63. The summed E-state index contributed by atoms with van der Waals surface area (Å²) in [7, 11) is 1.63. The third-order valence-electron chi connectivity index (χ3n) is 4.63. The van der Waals surface area contributed by atoms with Gasteiger partial charge in [-0.25, -0.2) is 18.0 Å². The molecule has 1 saturated heterocycles. The van der Waals surface area contributed by atoms with Crippen molar-refractivity contribution in [1.82, 2.24) is 10.2 Å². The zero-order chi connectivity index (χ0) is 22.4. The molecule has 8 nitrogen and oxygen atoms in total. The number of carbonyl (C=O) groups excluding carboxylic acids is 2. The van der Waals surface area contributed by atoms with Crippen LogP contribution in [0.1, 0.15) is 45.6 Å². The van der Waals surface area contributed by atoms with Crippen molar-refractivity contribution in [3.8, 4) is 0 Å². The first-order valence-corrected chi connectivity index (χ1v) is 12.2. The Labute approximate surface area is 182 Å². The van der Waals surface area contributed by atoms with Crippen LogP contribution in [0.4, 0.5) is 9.59 Å². The number of rotatable bonds is 6. The second kappa shape index (κ2) is 9.87. The quantitative estimate of drug-likeness (QED) is 0.650. The first kappa shape index (κ1) is 24.3. The molecule has 10 heteroatoms. The Bertz CT molecular complexity index is 841. The maximum Gasteiger partial charge on any atom is 0.410 e. The van der Waals surface area contributed by atoms with E-state index in [1.165, 1.54) is 4.90 Å². The van der Waals surface area contributed by atoms with E-state index in [9.17, 15) is 18.0 Å². The number of piperidine rings is 1. The smallest absolute Gasteiger partial charge is 0.410 e. The number of hydrogen-bond donors (Lipinski definition) is 1. The molecule has 1 aromatic rings. The number of halogens is 1. The van der Waals surface area contributed by atoms with Crippen LogP contribution in [0.3, 0.4) is 0 Å². The fourth-order valence-electron chi connectivity index (χ4n) is 3.30. The van der Waals surface area contributed by atoms with Crippen LogP contribution in [0.2, 0.25) is 0 Å². The maximum atomic E-state index is 12.6. The van der Waals surface area contributed by atoms with Crippen molar-refractivity contribution < 1.29 is 27.5 Å². The van der Waals surface area contributed by atoms with Gasteiger partial charge in [-0.05, 0) is 45.6 Å². The highest BCUT2D eigenvalue weighted by Gasteiger charge is 2.40. The summed E-state index contributed by atoms with van der Waals surface area (Å²) >= 11 is 0. The Kier molecular flexibility index (Phi) is 7.99. The zero-order valence-electron chi connectivity index (χ0n) is 17.5. The number of alkyl carbamates (subject to hydrolysis) is 1. The van der Waals surface area contributed by atoms with Gasteiger partial charge in [0, 0.05) is 23.8 Å². The van der Waals surface area contributed by atoms with Crippen LogP contribution >= 0.6 is 10.7 Å². The number of nitrogens with zero attached hydrogens (tertiary/aromatic N) is 1. The second-order valence-electron chi connectivity index (χ2n) is 8.47. The molecule has 1 atom stereocenters. The van der Waals surface area contributed by atoms with Gasteiger partial charge in [-0.2, -0.15) is 0 Å². The lowest BCUT2D eigenvalue weighted by molar-refractivity contribution is 0.0317. The topological polar surface area (TPSA) is 102 Å². The molecule has 1 unspecified atom stereocenters. The summed E-state index contributed by atoms with van der Waals surface area (Å²) in [6.45, 7) is 5.87. The summed E-state index contributed by atoms with van der Waals surface area (Å²) in [5.41, 5.74) is -0.838. The van der Waals surface area contributed by atoms with Crippen LogP contribution in [0.5, 0.6) is 0 Å². The van der Waals surface area contributed by atoms with E-state index in [-0.39, 0.29) is 25.3 Å². The fourth-order valence-corrected chi connectivity index (χ4v) is 4.17. The molecule has 0 spiro atoms. The molecule has 1 fully saturated rings. The third kappa shape index (κ3) is 8.39. The van der Waals surface area contributed by atoms with Gasteiger partial charge in [0.25, 0.3) is 0 Å². The van der Waals surface area contributed by atoms with Gasteiger partial charge in [0.2, 0.25) is 9.05 Å². The van der Waals surface area contributed by atoms with Crippen LogP contribution in [0.15, 0.2) is 30.3 Å². The van der Waals surface area contributed by atoms with Crippen LogP contribution in [0.25, 0.3) is 0 Å². The molecular formula is C20H29ClN2O6S. The highest BCUT2D eigenvalue weighted by atomic mass is 35.7. The largest absolute Gasteiger partial charge is 0.445 e. The summed E-state index contributed by atoms with van der Waals surface area (Å²) in [4.78, 5) is 26.5. The number of ether oxygens (including phenoxy) is 2. The Balaban J connectivity index is 2.09. The van der Waals surface area contributed by atoms with Crippen molar-refractivity contribution in [2.75, 3.05) is 18.8 Å². The summed E-state index contributed by atoms with van der Waals surface area (Å²) in [5, 5.41) is 2.79. The standard InChI is InChI=1S/C20H29ClN2O6S/c1-19(2,3)29-17(24)22-20(11-13-30(21,26)27)10-7-12-23(15-20)18(25)28-14-16-8-5-4-6-9-16/h4-6,8-9H,7,10-15H2,1-3H3,(H,22,24). The predicted octanol–water partition coefficient (Wildman–Crippen LogP) is 3.64. The molecule has 1 aliphatic heterocycles. The molecule has 1 heterocycles. The fraction of sp³-hybridized carbons (Fsp3) is 0.600. The minimum Gasteiger partial charge on any atom is -0.445 e. The van der Waals surface area contributed by atoms with Gasteiger partial charge in [-0.3, -0.25) is 0 Å². The number of amides is 2. The zero-order valence-corrected chi connectivity index (χ0v) is 19.1. The number of nitrogens with one attached hydrogen (secondary N) is 1. The summed E-state index contributed by atoms with van der Waals surface area (Å²) in [5.74, 6) is -0.336. The molecule has 0 aromatic heterocycles. The first-order chi connectivity index (χ1) is 13.9. The first-order valence-electron chi connectivity index (χ1n) is 9.77. The molecule has 0 bridgehead atoms.